The van der Waals surface area contributed by atoms with Gasteiger partial charge in [0.25, 0.3) is 0 Å². The Morgan fingerprint density at radius 1 is 1.53 bits per heavy atom. The van der Waals surface area contributed by atoms with Crippen LogP contribution in [0.5, 0.6) is 0 Å². The highest BCUT2D eigenvalue weighted by molar-refractivity contribution is 7.09. The molecule has 0 spiro atoms. The summed E-state index contributed by atoms with van der Waals surface area (Å²) < 4.78 is 5.01. The van der Waals surface area contributed by atoms with Gasteiger partial charge in [-0.2, -0.15) is 0 Å². The second kappa shape index (κ2) is 6.19. The summed E-state index contributed by atoms with van der Waals surface area (Å²) in [7, 11) is 0. The molecule has 0 saturated heterocycles. The molecule has 6 heteroatoms. The summed E-state index contributed by atoms with van der Waals surface area (Å²) in [6, 6.07) is 5.17. The smallest absolute Gasteiger partial charge is 0.340 e. The van der Waals surface area contributed by atoms with Gasteiger partial charge in [0.2, 0.25) is 0 Å². The molecule has 0 unspecified atom stereocenters. The number of hydrogen-bond acceptors (Lipinski definition) is 6. The third-order valence-corrected chi connectivity index (χ3v) is 3.27. The number of carbonyl (C=O) groups excluding carboxylic acids is 1. The molecular formula is C13H15N3O2S. The fraction of sp³-hybridized carbons (Fsp3) is 0.231. The van der Waals surface area contributed by atoms with E-state index in [0.717, 1.165) is 5.01 Å². The van der Waals surface area contributed by atoms with E-state index >= 15 is 0 Å². The van der Waals surface area contributed by atoms with E-state index < -0.39 is 0 Å². The molecule has 1 aromatic carbocycles. The third-order valence-electron chi connectivity index (χ3n) is 2.49. The van der Waals surface area contributed by atoms with E-state index in [9.17, 15) is 4.79 Å². The number of ether oxygens (including phenoxy) is 1. The maximum atomic E-state index is 11.8. The molecule has 100 valence electrons. The van der Waals surface area contributed by atoms with Crippen molar-refractivity contribution in [2.45, 2.75) is 13.5 Å². The monoisotopic (exact) mass is 277 g/mol. The third kappa shape index (κ3) is 3.23. The largest absolute Gasteiger partial charge is 0.462 e. The average molecular weight is 277 g/mol. The number of nitrogens with two attached hydrogens (primary N) is 1. The number of nitrogens with one attached hydrogen (secondary N) is 1. The van der Waals surface area contributed by atoms with Gasteiger partial charge in [-0.15, -0.1) is 11.3 Å². The van der Waals surface area contributed by atoms with Crippen molar-refractivity contribution >= 4 is 28.7 Å². The van der Waals surface area contributed by atoms with Crippen LogP contribution in [0.3, 0.4) is 0 Å². The zero-order chi connectivity index (χ0) is 13.7. The molecule has 0 radical (unpaired) electrons. The SMILES string of the molecule is CCOC(=O)c1cccc(N)c1NCc1nccs1. The minimum Gasteiger partial charge on any atom is -0.462 e. The number of hydrogen-bond donors (Lipinski definition) is 2. The molecule has 1 heterocycles. The minimum atomic E-state index is -0.378. The van der Waals surface area contributed by atoms with Gasteiger partial charge in [0.15, 0.2) is 0 Å². The molecule has 0 aliphatic heterocycles. The van der Waals surface area contributed by atoms with Crippen molar-refractivity contribution in [3.63, 3.8) is 0 Å². The number of para-hydroxylation sites is 1. The lowest BCUT2D eigenvalue weighted by Gasteiger charge is -2.12. The van der Waals surface area contributed by atoms with Crippen LogP contribution in [0.4, 0.5) is 11.4 Å². The van der Waals surface area contributed by atoms with Gasteiger partial charge in [0.05, 0.1) is 30.1 Å². The van der Waals surface area contributed by atoms with Gasteiger partial charge in [-0.05, 0) is 19.1 Å². The highest BCUT2D eigenvalue weighted by Crippen LogP contribution is 2.25. The lowest BCUT2D eigenvalue weighted by molar-refractivity contribution is 0.0527. The molecule has 0 aliphatic rings. The quantitative estimate of drug-likeness (QED) is 0.648. The molecule has 0 amide bonds. The first-order valence-corrected chi connectivity index (χ1v) is 6.78. The van der Waals surface area contributed by atoms with Gasteiger partial charge in [0, 0.05) is 11.6 Å². The van der Waals surface area contributed by atoms with Crippen LogP contribution >= 0.6 is 11.3 Å². The van der Waals surface area contributed by atoms with Crippen LogP contribution in [0.2, 0.25) is 0 Å². The van der Waals surface area contributed by atoms with Crippen LogP contribution in [0, 0.1) is 0 Å². The van der Waals surface area contributed by atoms with Crippen molar-refractivity contribution < 1.29 is 9.53 Å². The maximum absolute atomic E-state index is 11.8. The first-order chi connectivity index (χ1) is 9.22. The second-order valence-corrected chi connectivity index (χ2v) is 4.75. The Labute approximate surface area is 115 Å². The van der Waals surface area contributed by atoms with E-state index in [1.54, 1.807) is 42.7 Å². The summed E-state index contributed by atoms with van der Waals surface area (Å²) in [5.41, 5.74) is 7.46. The number of nitrogens with zero attached hydrogens (tertiary/aromatic N) is 1. The van der Waals surface area contributed by atoms with E-state index in [1.165, 1.54) is 0 Å². The number of aromatic nitrogens is 1. The normalized spacial score (nSPS) is 10.2. The highest BCUT2D eigenvalue weighted by Gasteiger charge is 2.14. The number of rotatable bonds is 5. The Kier molecular flexibility index (Phi) is 4.35. The van der Waals surface area contributed by atoms with E-state index in [1.807, 2.05) is 5.38 Å². The molecule has 0 bridgehead atoms. The van der Waals surface area contributed by atoms with Crippen molar-refractivity contribution in [3.05, 3.63) is 40.3 Å². The van der Waals surface area contributed by atoms with E-state index in [4.69, 9.17) is 10.5 Å². The van der Waals surface area contributed by atoms with Crippen molar-refractivity contribution in [3.8, 4) is 0 Å². The van der Waals surface area contributed by atoms with Crippen LogP contribution < -0.4 is 11.1 Å². The summed E-state index contributed by atoms with van der Waals surface area (Å²) >= 11 is 1.54. The van der Waals surface area contributed by atoms with Gasteiger partial charge < -0.3 is 15.8 Å². The number of benzene rings is 1. The zero-order valence-corrected chi connectivity index (χ0v) is 11.4. The van der Waals surface area contributed by atoms with Crippen LogP contribution in [0.1, 0.15) is 22.3 Å². The number of carbonyl (C=O) groups is 1. The van der Waals surface area contributed by atoms with Crippen LogP contribution in [-0.2, 0) is 11.3 Å². The Morgan fingerprint density at radius 2 is 2.37 bits per heavy atom. The average Bonchev–Trinajstić information content (AvgIpc) is 2.90. The molecule has 2 rings (SSSR count). The summed E-state index contributed by atoms with van der Waals surface area (Å²) in [6.07, 6.45) is 1.74. The fourth-order valence-corrected chi connectivity index (χ4v) is 2.21. The Morgan fingerprint density at radius 3 is 3.05 bits per heavy atom. The summed E-state index contributed by atoms with van der Waals surface area (Å²) in [5, 5.41) is 5.97. The Hall–Kier alpha value is -2.08. The van der Waals surface area contributed by atoms with Crippen LogP contribution in [-0.4, -0.2) is 17.6 Å². The molecule has 5 nitrogen and oxygen atoms in total. The number of thiazole rings is 1. The van der Waals surface area contributed by atoms with Crippen molar-refractivity contribution in [1.82, 2.24) is 4.98 Å². The summed E-state index contributed by atoms with van der Waals surface area (Å²) in [4.78, 5) is 16.0. The lowest BCUT2D eigenvalue weighted by Crippen LogP contribution is -2.11. The molecule has 3 N–H and O–H groups in total. The van der Waals surface area contributed by atoms with Gasteiger partial charge in [-0.3, -0.25) is 0 Å². The minimum absolute atomic E-state index is 0.333. The number of esters is 1. The van der Waals surface area contributed by atoms with E-state index in [0.29, 0.717) is 30.1 Å². The standard InChI is InChI=1S/C13H15N3O2S/c1-2-18-13(17)9-4-3-5-10(14)12(9)16-8-11-15-6-7-19-11/h3-7,16H,2,8,14H2,1H3. The Bertz CT molecular complexity index is 555. The molecule has 0 atom stereocenters. The molecule has 19 heavy (non-hydrogen) atoms. The number of nitrogen functional groups attached to an aromatic ring is 1. The fourth-order valence-electron chi connectivity index (χ4n) is 1.65. The number of anilines is 2. The molecule has 0 saturated carbocycles. The predicted molar refractivity (Wildman–Crippen MR) is 76.3 cm³/mol. The zero-order valence-electron chi connectivity index (χ0n) is 10.6. The molecule has 2 aromatic rings. The van der Waals surface area contributed by atoms with Gasteiger partial charge in [-0.25, -0.2) is 9.78 Å². The summed E-state index contributed by atoms with van der Waals surface area (Å²) in [5.74, 6) is -0.378. The first kappa shape index (κ1) is 13.4. The highest BCUT2D eigenvalue weighted by atomic mass is 32.1. The molecule has 1 aromatic heterocycles. The second-order valence-electron chi connectivity index (χ2n) is 3.77. The molecule has 0 aliphatic carbocycles. The molecular weight excluding hydrogens is 262 g/mol. The first-order valence-electron chi connectivity index (χ1n) is 5.90. The van der Waals surface area contributed by atoms with E-state index in [-0.39, 0.29) is 5.97 Å². The molecule has 0 fully saturated rings. The Balaban J connectivity index is 2.20. The van der Waals surface area contributed by atoms with Crippen molar-refractivity contribution in [1.29, 1.82) is 0 Å². The van der Waals surface area contributed by atoms with Crippen molar-refractivity contribution in [2.75, 3.05) is 17.7 Å². The maximum Gasteiger partial charge on any atom is 0.340 e. The topological polar surface area (TPSA) is 77.2 Å². The summed E-state index contributed by atoms with van der Waals surface area (Å²) in [6.45, 7) is 2.63. The predicted octanol–water partition coefficient (Wildman–Crippen LogP) is 2.51. The van der Waals surface area contributed by atoms with Crippen LogP contribution in [0.15, 0.2) is 29.8 Å². The lowest BCUT2D eigenvalue weighted by atomic mass is 10.1. The van der Waals surface area contributed by atoms with E-state index in [2.05, 4.69) is 10.3 Å². The van der Waals surface area contributed by atoms with Gasteiger partial charge in [-0.1, -0.05) is 6.07 Å². The van der Waals surface area contributed by atoms with Crippen molar-refractivity contribution in [2.24, 2.45) is 0 Å². The van der Waals surface area contributed by atoms with Gasteiger partial charge in [0.1, 0.15) is 5.01 Å². The van der Waals surface area contributed by atoms with Gasteiger partial charge >= 0.3 is 5.97 Å². The van der Waals surface area contributed by atoms with Crippen LogP contribution in [0.25, 0.3) is 0 Å².